The van der Waals surface area contributed by atoms with Crippen LogP contribution < -0.4 is 10.2 Å². The predicted molar refractivity (Wildman–Crippen MR) is 90.8 cm³/mol. The van der Waals surface area contributed by atoms with Gasteiger partial charge < -0.3 is 15.0 Å². The highest BCUT2D eigenvalue weighted by molar-refractivity contribution is 5.67. The summed E-state index contributed by atoms with van der Waals surface area (Å²) in [6, 6.07) is 0. The Balaban J connectivity index is 1.85. The van der Waals surface area contributed by atoms with Gasteiger partial charge in [0.25, 0.3) is 0 Å². The number of aromatic nitrogens is 2. The van der Waals surface area contributed by atoms with Crippen molar-refractivity contribution < 1.29 is 9.53 Å². The van der Waals surface area contributed by atoms with E-state index >= 15 is 0 Å². The maximum Gasteiger partial charge on any atom is 0.407 e. The van der Waals surface area contributed by atoms with Crippen LogP contribution in [0.5, 0.6) is 0 Å². The number of carbonyl (C=O) groups excluding carboxylic acids is 1. The number of nitrogens with one attached hydrogen (secondary N) is 1. The van der Waals surface area contributed by atoms with Gasteiger partial charge in [0.15, 0.2) is 0 Å². The molecule has 0 unspecified atom stereocenters. The lowest BCUT2D eigenvalue weighted by Crippen LogP contribution is -2.37. The Bertz CT molecular complexity index is 540. The zero-order chi connectivity index (χ0) is 16.9. The molecule has 0 aliphatic heterocycles. The molecule has 1 heterocycles. The SMILES string of the molecule is CN(CCNC(=O)OC(C)(C)C)c1ncc2c(n1)CCCCC2. The lowest BCUT2D eigenvalue weighted by atomic mass is 10.1. The van der Waals surface area contributed by atoms with Crippen LogP contribution in [-0.4, -0.2) is 41.8 Å². The average molecular weight is 320 g/mol. The smallest absolute Gasteiger partial charge is 0.407 e. The molecule has 1 aromatic heterocycles. The van der Waals surface area contributed by atoms with Crippen LogP contribution in [0, 0.1) is 0 Å². The molecule has 0 spiro atoms. The van der Waals surface area contributed by atoms with Crippen molar-refractivity contribution in [2.75, 3.05) is 25.0 Å². The zero-order valence-electron chi connectivity index (χ0n) is 14.7. The number of hydrogen-bond acceptors (Lipinski definition) is 5. The van der Waals surface area contributed by atoms with E-state index in [0.29, 0.717) is 13.1 Å². The van der Waals surface area contributed by atoms with Gasteiger partial charge in [-0.1, -0.05) is 6.42 Å². The number of alkyl carbamates (subject to hydrolysis) is 1. The fourth-order valence-corrected chi connectivity index (χ4v) is 2.57. The highest BCUT2D eigenvalue weighted by atomic mass is 16.6. The predicted octanol–water partition coefficient (Wildman–Crippen LogP) is 2.71. The summed E-state index contributed by atoms with van der Waals surface area (Å²) in [5, 5.41) is 2.75. The Labute approximate surface area is 138 Å². The summed E-state index contributed by atoms with van der Waals surface area (Å²) in [6.45, 7) is 6.68. The van der Waals surface area contributed by atoms with E-state index in [1.165, 1.54) is 30.5 Å². The van der Waals surface area contributed by atoms with Crippen molar-refractivity contribution in [3.63, 3.8) is 0 Å². The maximum atomic E-state index is 11.6. The second-order valence-corrected chi connectivity index (χ2v) is 7.05. The van der Waals surface area contributed by atoms with E-state index in [1.54, 1.807) is 0 Å². The molecule has 0 atom stereocenters. The summed E-state index contributed by atoms with van der Waals surface area (Å²) < 4.78 is 5.21. The van der Waals surface area contributed by atoms with E-state index < -0.39 is 11.7 Å². The lowest BCUT2D eigenvalue weighted by molar-refractivity contribution is 0.0529. The van der Waals surface area contributed by atoms with E-state index in [2.05, 4.69) is 10.3 Å². The molecule has 0 saturated heterocycles. The molecule has 1 N–H and O–H groups in total. The van der Waals surface area contributed by atoms with Crippen LogP contribution >= 0.6 is 0 Å². The minimum Gasteiger partial charge on any atom is -0.444 e. The van der Waals surface area contributed by atoms with Crippen molar-refractivity contribution in [1.29, 1.82) is 0 Å². The van der Waals surface area contributed by atoms with Crippen molar-refractivity contribution in [1.82, 2.24) is 15.3 Å². The molecule has 1 aliphatic rings. The first-order chi connectivity index (χ1) is 10.8. The van der Waals surface area contributed by atoms with Crippen molar-refractivity contribution >= 4 is 12.0 Å². The van der Waals surface area contributed by atoms with Crippen molar-refractivity contribution in [3.05, 3.63) is 17.5 Å². The van der Waals surface area contributed by atoms with Gasteiger partial charge in [0.1, 0.15) is 5.60 Å². The molecule has 6 heteroatoms. The molecular weight excluding hydrogens is 292 g/mol. The molecule has 1 aromatic rings. The topological polar surface area (TPSA) is 67.4 Å². The van der Waals surface area contributed by atoms with Crippen LogP contribution in [0.3, 0.4) is 0 Å². The minimum absolute atomic E-state index is 0.395. The molecule has 1 aliphatic carbocycles. The quantitative estimate of drug-likeness (QED) is 0.864. The third kappa shape index (κ3) is 5.69. The number of fused-ring (bicyclic) bond motifs is 1. The number of hydrogen-bond donors (Lipinski definition) is 1. The largest absolute Gasteiger partial charge is 0.444 e. The van der Waals surface area contributed by atoms with E-state index in [1.807, 2.05) is 38.9 Å². The molecule has 1 amide bonds. The van der Waals surface area contributed by atoms with Crippen LogP contribution in [0.1, 0.15) is 51.3 Å². The summed E-state index contributed by atoms with van der Waals surface area (Å²) in [4.78, 5) is 22.7. The van der Waals surface area contributed by atoms with Gasteiger partial charge in [-0.3, -0.25) is 0 Å². The normalized spacial score (nSPS) is 14.6. The second kappa shape index (κ2) is 7.62. The highest BCUT2D eigenvalue weighted by Gasteiger charge is 2.16. The molecule has 0 saturated carbocycles. The number of aryl methyl sites for hydroxylation is 2. The fraction of sp³-hybridized carbons (Fsp3) is 0.706. The number of ether oxygens (including phenoxy) is 1. The van der Waals surface area contributed by atoms with Crippen molar-refractivity contribution in [2.24, 2.45) is 0 Å². The van der Waals surface area contributed by atoms with Crippen LogP contribution in [0.15, 0.2) is 6.20 Å². The Morgan fingerprint density at radius 3 is 2.78 bits per heavy atom. The maximum absolute atomic E-state index is 11.6. The lowest BCUT2D eigenvalue weighted by Gasteiger charge is -2.21. The molecule has 0 radical (unpaired) electrons. The molecular formula is C17H28N4O2. The Morgan fingerprint density at radius 2 is 2.04 bits per heavy atom. The second-order valence-electron chi connectivity index (χ2n) is 7.05. The average Bonchev–Trinajstić information content (AvgIpc) is 2.69. The first kappa shape index (κ1) is 17.5. The van der Waals surface area contributed by atoms with Crippen LogP contribution in [0.25, 0.3) is 0 Å². The van der Waals surface area contributed by atoms with E-state index in [9.17, 15) is 4.79 Å². The first-order valence-corrected chi connectivity index (χ1v) is 8.38. The van der Waals surface area contributed by atoms with Crippen molar-refractivity contribution in [2.45, 2.75) is 58.5 Å². The van der Waals surface area contributed by atoms with E-state index in [0.717, 1.165) is 18.8 Å². The zero-order valence-corrected chi connectivity index (χ0v) is 14.7. The summed E-state index contributed by atoms with van der Waals surface area (Å²) in [5.41, 5.74) is 1.99. The number of likely N-dealkylation sites (N-methyl/N-ethyl adjacent to an activating group) is 1. The van der Waals surface area contributed by atoms with Gasteiger partial charge in [-0.05, 0) is 52.0 Å². The monoisotopic (exact) mass is 320 g/mol. The van der Waals surface area contributed by atoms with Gasteiger partial charge in [0.2, 0.25) is 5.95 Å². The summed E-state index contributed by atoms with van der Waals surface area (Å²) in [7, 11) is 1.94. The number of anilines is 1. The Kier molecular flexibility index (Phi) is 5.80. The van der Waals surface area contributed by atoms with Gasteiger partial charge >= 0.3 is 6.09 Å². The molecule has 23 heavy (non-hydrogen) atoms. The number of amides is 1. The van der Waals surface area contributed by atoms with Gasteiger partial charge in [-0.2, -0.15) is 0 Å². The number of nitrogens with zero attached hydrogens (tertiary/aromatic N) is 3. The van der Waals surface area contributed by atoms with Gasteiger partial charge in [-0.15, -0.1) is 0 Å². The fourth-order valence-electron chi connectivity index (χ4n) is 2.57. The molecule has 2 rings (SSSR count). The molecule has 0 aromatic carbocycles. The number of rotatable bonds is 4. The van der Waals surface area contributed by atoms with Crippen molar-refractivity contribution in [3.8, 4) is 0 Å². The molecule has 0 fully saturated rings. The van der Waals surface area contributed by atoms with Gasteiger partial charge in [0, 0.05) is 32.0 Å². The minimum atomic E-state index is -0.476. The Morgan fingerprint density at radius 1 is 1.30 bits per heavy atom. The van der Waals surface area contributed by atoms with Gasteiger partial charge in [-0.25, -0.2) is 14.8 Å². The number of carbonyl (C=O) groups is 1. The first-order valence-electron chi connectivity index (χ1n) is 8.38. The van der Waals surface area contributed by atoms with Crippen LogP contribution in [0.4, 0.5) is 10.7 Å². The highest BCUT2D eigenvalue weighted by Crippen LogP contribution is 2.20. The van der Waals surface area contributed by atoms with Crippen LogP contribution in [-0.2, 0) is 17.6 Å². The summed E-state index contributed by atoms with van der Waals surface area (Å²) >= 11 is 0. The van der Waals surface area contributed by atoms with E-state index in [-0.39, 0.29) is 0 Å². The third-order valence-corrected chi connectivity index (χ3v) is 3.76. The molecule has 128 valence electrons. The van der Waals surface area contributed by atoms with Crippen LogP contribution in [0.2, 0.25) is 0 Å². The molecule has 0 bridgehead atoms. The summed E-state index contributed by atoms with van der Waals surface area (Å²) in [6.07, 6.45) is 7.38. The third-order valence-electron chi connectivity index (χ3n) is 3.76. The van der Waals surface area contributed by atoms with E-state index in [4.69, 9.17) is 9.72 Å². The Hall–Kier alpha value is -1.85. The van der Waals surface area contributed by atoms with Gasteiger partial charge in [0.05, 0.1) is 0 Å². The standard InChI is InChI=1S/C17H28N4O2/c1-17(2,3)23-16(22)18-10-11-21(4)15-19-12-13-8-6-5-7-9-14(13)20-15/h12H,5-11H2,1-4H3,(H,18,22). The molecule has 6 nitrogen and oxygen atoms in total. The summed E-state index contributed by atoms with van der Waals surface area (Å²) in [5.74, 6) is 0.719.